The lowest BCUT2D eigenvalue weighted by molar-refractivity contribution is -0.291. The van der Waals surface area contributed by atoms with Crippen molar-refractivity contribution in [2.75, 3.05) is 0 Å². The number of rotatable bonds is 3. The molecule has 1 saturated carbocycles. The van der Waals surface area contributed by atoms with E-state index in [1.54, 1.807) is 24.3 Å². The predicted molar refractivity (Wildman–Crippen MR) is 54.5 cm³/mol. The summed E-state index contributed by atoms with van der Waals surface area (Å²) >= 11 is 0. The summed E-state index contributed by atoms with van der Waals surface area (Å²) in [4.78, 5) is 11.5. The summed E-state index contributed by atoms with van der Waals surface area (Å²) in [5.74, 6) is 0. The van der Waals surface area contributed by atoms with Crippen LogP contribution in [0.3, 0.4) is 0 Å². The van der Waals surface area contributed by atoms with Crippen LogP contribution in [-0.4, -0.2) is 10.4 Å². The van der Waals surface area contributed by atoms with Gasteiger partial charge in [0.2, 0.25) is 0 Å². The monoisotopic (exact) mass is 210 g/mol. The maximum atomic E-state index is 10.8. The van der Waals surface area contributed by atoms with Crippen LogP contribution in [0.2, 0.25) is 0 Å². The molecule has 5 heteroatoms. The van der Waals surface area contributed by atoms with Gasteiger partial charge in [-0.2, -0.15) is 4.36 Å². The Kier molecular flexibility index (Phi) is 2.58. The normalized spacial score (nSPS) is 18.0. The maximum absolute atomic E-state index is 10.8. The van der Waals surface area contributed by atoms with E-state index in [2.05, 4.69) is 4.36 Å². The molecule has 1 aromatic rings. The van der Waals surface area contributed by atoms with Gasteiger partial charge in [0.25, 0.3) is 10.9 Å². The Balaban J connectivity index is 2.31. The maximum Gasteiger partial charge on any atom is 0.261 e. The molecule has 0 N–H and O–H groups in total. The molecule has 4 nitrogen and oxygen atoms in total. The van der Waals surface area contributed by atoms with Crippen molar-refractivity contribution in [3.8, 4) is 0 Å². The van der Waals surface area contributed by atoms with Gasteiger partial charge in [-0.15, -0.1) is 0 Å². The van der Waals surface area contributed by atoms with Crippen LogP contribution >= 0.6 is 0 Å². The van der Waals surface area contributed by atoms with E-state index in [0.717, 1.165) is 12.8 Å². The van der Waals surface area contributed by atoms with Crippen LogP contribution in [0, 0.1) is 10.1 Å². The molecule has 74 valence electrons. The smallest absolute Gasteiger partial charge is 0.250 e. The molecule has 1 unspecified atom stereocenters. The largest absolute Gasteiger partial charge is 0.261 e. The fraction of sp³-hybridized carbons (Fsp3) is 0.333. The Hall–Kier alpha value is -1.23. The minimum atomic E-state index is -1.16. The topological polar surface area (TPSA) is 55.5 Å². The Morgan fingerprint density at radius 3 is 2.50 bits per heavy atom. The minimum Gasteiger partial charge on any atom is -0.250 e. The van der Waals surface area contributed by atoms with Gasteiger partial charge in [-0.05, 0) is 25.0 Å². The van der Waals surface area contributed by atoms with Gasteiger partial charge in [0.1, 0.15) is 4.33 Å². The second-order valence-corrected chi connectivity index (χ2v) is 4.65. The van der Waals surface area contributed by atoms with E-state index in [1.165, 1.54) is 0 Å². The van der Waals surface area contributed by atoms with E-state index in [-0.39, 0.29) is 10.4 Å². The molecule has 0 spiro atoms. The zero-order valence-corrected chi connectivity index (χ0v) is 8.31. The highest BCUT2D eigenvalue weighted by Crippen LogP contribution is 2.26. The van der Waals surface area contributed by atoms with Crippen molar-refractivity contribution >= 4 is 10.9 Å². The van der Waals surface area contributed by atoms with Crippen LogP contribution in [0.15, 0.2) is 39.6 Å². The van der Waals surface area contributed by atoms with Crippen LogP contribution in [0.25, 0.3) is 0 Å². The summed E-state index contributed by atoms with van der Waals surface area (Å²) < 4.78 is 3.89. The van der Waals surface area contributed by atoms with Gasteiger partial charge >= 0.3 is 0 Å². The fourth-order valence-electron chi connectivity index (χ4n) is 1.05. The first kappa shape index (κ1) is 9.33. The lowest BCUT2D eigenvalue weighted by atomic mass is 10.4. The molecule has 0 aliphatic heterocycles. The van der Waals surface area contributed by atoms with Crippen LogP contribution in [-0.2, 0) is 10.9 Å². The van der Waals surface area contributed by atoms with Crippen LogP contribution in [0.5, 0.6) is 0 Å². The summed E-state index contributed by atoms with van der Waals surface area (Å²) in [5.41, 5.74) is 0. The lowest BCUT2D eigenvalue weighted by Gasteiger charge is -1.97. The first-order chi connectivity index (χ1) is 6.77. The number of benzene rings is 1. The zero-order valence-electron chi connectivity index (χ0n) is 7.50. The van der Waals surface area contributed by atoms with Crippen LogP contribution in [0.4, 0.5) is 0 Å². The number of hydrogen-bond acceptors (Lipinski definition) is 3. The van der Waals surface area contributed by atoms with Crippen molar-refractivity contribution in [2.24, 2.45) is 4.36 Å². The average Bonchev–Trinajstić information content (AvgIpc) is 2.99. The van der Waals surface area contributed by atoms with E-state index in [9.17, 15) is 10.1 Å². The number of hydrogen-bond donors (Lipinski definition) is 0. The molecule has 0 aromatic heterocycles. The van der Waals surface area contributed by atoms with Crippen LogP contribution < -0.4 is 0 Å². The van der Waals surface area contributed by atoms with E-state index >= 15 is 0 Å². The number of nitrogens with zero attached hydrogens (tertiary/aromatic N) is 2. The van der Waals surface area contributed by atoms with Crippen molar-refractivity contribution in [1.29, 1.82) is 0 Å². The summed E-state index contributed by atoms with van der Waals surface area (Å²) in [7, 11) is -1.16. The quantitative estimate of drug-likeness (QED) is 0.567. The molecule has 0 radical (unpaired) electrons. The van der Waals surface area contributed by atoms with Gasteiger partial charge < -0.3 is 0 Å². The number of nitro groups is 1. The molecular weight excluding hydrogens is 200 g/mol. The SMILES string of the molecule is O=[N+]([O-])S(=NC1CC1)c1ccccc1. The van der Waals surface area contributed by atoms with Crippen molar-refractivity contribution in [3.63, 3.8) is 0 Å². The molecule has 0 saturated heterocycles. The first-order valence-electron chi connectivity index (χ1n) is 4.42. The molecule has 0 amide bonds. The Morgan fingerprint density at radius 1 is 1.36 bits per heavy atom. The summed E-state index contributed by atoms with van der Waals surface area (Å²) in [6.45, 7) is 0. The van der Waals surface area contributed by atoms with Crippen molar-refractivity contribution < 1.29 is 4.33 Å². The van der Waals surface area contributed by atoms with E-state index in [1.807, 2.05) is 6.07 Å². The van der Waals surface area contributed by atoms with Crippen molar-refractivity contribution in [1.82, 2.24) is 0 Å². The van der Waals surface area contributed by atoms with Crippen molar-refractivity contribution in [3.05, 3.63) is 40.4 Å². The molecule has 0 heterocycles. The lowest BCUT2D eigenvalue weighted by Crippen LogP contribution is -2.04. The Morgan fingerprint density at radius 2 is 2.00 bits per heavy atom. The highest BCUT2D eigenvalue weighted by molar-refractivity contribution is 7.81. The summed E-state index contributed by atoms with van der Waals surface area (Å²) in [6.07, 6.45) is 2.01. The Bertz CT molecular complexity index is 374. The third-order valence-electron chi connectivity index (χ3n) is 1.89. The predicted octanol–water partition coefficient (Wildman–Crippen LogP) is 2.20. The first-order valence-corrected chi connectivity index (χ1v) is 5.56. The van der Waals surface area contributed by atoms with Crippen molar-refractivity contribution in [2.45, 2.75) is 23.8 Å². The molecule has 14 heavy (non-hydrogen) atoms. The van der Waals surface area contributed by atoms with Crippen LogP contribution in [0.1, 0.15) is 12.8 Å². The van der Waals surface area contributed by atoms with E-state index < -0.39 is 10.9 Å². The summed E-state index contributed by atoms with van der Waals surface area (Å²) in [6, 6.07) is 9.21. The average molecular weight is 210 g/mol. The second kappa shape index (κ2) is 3.88. The van der Waals surface area contributed by atoms with E-state index in [0.29, 0.717) is 4.90 Å². The molecule has 1 aliphatic carbocycles. The molecule has 1 fully saturated rings. The molecular formula is C9H10N2O2S. The standard InChI is InChI=1S/C9H10N2O2S/c12-11(13)14(10-8-6-7-8)9-4-2-1-3-5-9/h1-5,8H,6-7H2. The highest BCUT2D eigenvalue weighted by Gasteiger charge is 2.25. The molecule has 1 aliphatic rings. The third-order valence-corrected chi connectivity index (χ3v) is 3.37. The van der Waals surface area contributed by atoms with Gasteiger partial charge in [0, 0.05) is 0 Å². The van der Waals surface area contributed by atoms with Gasteiger partial charge in [0.05, 0.1) is 10.9 Å². The summed E-state index contributed by atoms with van der Waals surface area (Å²) in [5, 5.41) is 10.8. The minimum absolute atomic E-state index is 0.226. The second-order valence-electron chi connectivity index (χ2n) is 3.14. The zero-order chi connectivity index (χ0) is 9.97. The highest BCUT2D eigenvalue weighted by atomic mass is 32.2. The Labute approximate surface area is 84.3 Å². The van der Waals surface area contributed by atoms with Gasteiger partial charge in [-0.25, -0.2) is 10.1 Å². The molecule has 1 aromatic carbocycles. The van der Waals surface area contributed by atoms with Gasteiger partial charge in [0.15, 0.2) is 0 Å². The third kappa shape index (κ3) is 2.17. The van der Waals surface area contributed by atoms with Gasteiger partial charge in [-0.1, -0.05) is 18.2 Å². The molecule has 0 bridgehead atoms. The molecule has 1 atom stereocenters. The molecule has 2 rings (SSSR count). The fourth-order valence-corrected chi connectivity index (χ4v) is 2.31. The van der Waals surface area contributed by atoms with E-state index in [4.69, 9.17) is 0 Å². The van der Waals surface area contributed by atoms with Gasteiger partial charge in [-0.3, -0.25) is 0 Å².